The third kappa shape index (κ3) is 14.6. The molecule has 0 saturated carbocycles. The highest BCUT2D eigenvalue weighted by molar-refractivity contribution is 7.55. The summed E-state index contributed by atoms with van der Waals surface area (Å²) in [6, 6.07) is 83.0. The molecule has 91 heavy (non-hydrogen) atoms. The van der Waals surface area contributed by atoms with Crippen LogP contribution >= 0.6 is 7.92 Å². The number of hydrogen-bond acceptors (Lipinski definition) is 9. The second-order valence-corrected chi connectivity index (χ2v) is 23.5. The molecule has 0 spiro atoms. The molecule has 12 rings (SSSR count). The number of nitriles is 3. The Bertz CT molecular complexity index is 4750. The van der Waals surface area contributed by atoms with Crippen molar-refractivity contribution in [3.05, 3.63) is 292 Å². The fourth-order valence-corrected chi connectivity index (χ4v) is 11.8. The Morgan fingerprint density at radius 2 is 0.835 bits per heavy atom. The maximum absolute atomic E-state index is 10.9. The topological polar surface area (TPSA) is 201 Å². The molecule has 0 fully saturated rings. The zero-order chi connectivity index (χ0) is 62.4. The lowest BCUT2D eigenvalue weighted by Gasteiger charge is -2.25. The number of aliphatic hydroxyl groups is 1. The number of aldehydes is 1. The third-order valence-electron chi connectivity index (χ3n) is 15.3. The summed E-state index contributed by atoms with van der Waals surface area (Å²) in [7, 11) is 2.86. The second-order valence-electron chi connectivity index (χ2n) is 21.2. The first-order valence-corrected chi connectivity index (χ1v) is 30.8. The number of carbonyl (C=O) groups excluding carboxylic acids is 1. The van der Waals surface area contributed by atoms with Gasteiger partial charge in [-0.05, 0) is 180 Å². The van der Waals surface area contributed by atoms with E-state index in [9.17, 15) is 25.7 Å². The summed E-state index contributed by atoms with van der Waals surface area (Å²) < 4.78 is 10.6. The Kier molecular flexibility index (Phi) is 21.9. The second kappa shape index (κ2) is 30.5. The van der Waals surface area contributed by atoms with Gasteiger partial charge in [0.2, 0.25) is 5.69 Å². The van der Waals surface area contributed by atoms with Crippen LogP contribution in [0, 0.1) is 54.4 Å². The van der Waals surface area contributed by atoms with Crippen LogP contribution in [0.2, 0.25) is 0 Å². The van der Waals surface area contributed by atoms with E-state index in [-0.39, 0.29) is 17.3 Å². The van der Waals surface area contributed by atoms with Crippen molar-refractivity contribution >= 4 is 109 Å². The van der Waals surface area contributed by atoms with E-state index in [1.807, 2.05) is 190 Å². The Labute approximate surface area is 531 Å². The molecule has 1 atom stereocenters. The average Bonchev–Trinajstić information content (AvgIpc) is 0.951. The number of carbonyl (C=O) groups is 1. The van der Waals surface area contributed by atoms with Gasteiger partial charge in [0, 0.05) is 61.2 Å². The van der Waals surface area contributed by atoms with E-state index < -0.39 is 7.92 Å². The highest BCUT2D eigenvalue weighted by atomic mass is 31.1. The van der Waals surface area contributed by atoms with Crippen molar-refractivity contribution in [3.8, 4) is 29.7 Å². The summed E-state index contributed by atoms with van der Waals surface area (Å²) in [4.78, 5) is 19.1. The number of anilines is 6. The van der Waals surface area contributed by atoms with Crippen LogP contribution in [0.25, 0.3) is 60.1 Å². The number of ether oxygens (including phenoxy) is 2. The first-order valence-electron chi connectivity index (χ1n) is 28.7. The molecule has 0 aromatic heterocycles. The van der Waals surface area contributed by atoms with Gasteiger partial charge in [0.1, 0.15) is 36.0 Å². The first-order chi connectivity index (χ1) is 43.5. The molecular formula is C78H65N6O6P. The van der Waals surface area contributed by atoms with Crippen molar-refractivity contribution in [3.63, 3.8) is 0 Å². The number of rotatable bonds is 14. The zero-order valence-corrected chi connectivity index (χ0v) is 51.8. The third-order valence-corrected chi connectivity index (χ3v) is 16.7. The normalized spacial score (nSPS) is 10.8. The van der Waals surface area contributed by atoms with E-state index >= 15 is 0 Å². The van der Waals surface area contributed by atoms with Gasteiger partial charge in [0.15, 0.2) is 0 Å². The van der Waals surface area contributed by atoms with Crippen LogP contribution in [-0.4, -0.2) is 49.6 Å². The van der Waals surface area contributed by atoms with Gasteiger partial charge in [0.25, 0.3) is 0 Å². The number of para-hydroxylation sites is 2. The fraction of sp³-hybridized carbons (Fsp3) is 0.0897. The van der Waals surface area contributed by atoms with Crippen LogP contribution in [0.15, 0.2) is 231 Å². The summed E-state index contributed by atoms with van der Waals surface area (Å²) in [6.07, 6.45) is 5.97. The molecule has 0 radical (unpaired) electrons. The van der Waals surface area contributed by atoms with Crippen LogP contribution in [0.4, 0.5) is 39.8 Å². The summed E-state index contributed by atoms with van der Waals surface area (Å²) >= 11 is 0. The van der Waals surface area contributed by atoms with E-state index in [1.54, 1.807) is 14.2 Å². The fourth-order valence-electron chi connectivity index (χ4n) is 10.9. The maximum Gasteiger partial charge on any atom is 0.202 e. The number of hydrogen-bond donors (Lipinski definition) is 1. The van der Waals surface area contributed by atoms with Crippen molar-refractivity contribution in [2.24, 2.45) is 0 Å². The van der Waals surface area contributed by atoms with Crippen LogP contribution in [0.1, 0.15) is 54.9 Å². The lowest BCUT2D eigenvalue weighted by Crippen LogP contribution is -2.09. The molecule has 448 valence electrons. The van der Waals surface area contributed by atoms with Crippen LogP contribution in [0.3, 0.4) is 0 Å². The molecule has 0 saturated heterocycles. The summed E-state index contributed by atoms with van der Waals surface area (Å²) in [6.45, 7) is 13.9. The summed E-state index contributed by atoms with van der Waals surface area (Å²) in [5.41, 5.74) is 14.6. The molecule has 0 bridgehead atoms. The number of aryl methyl sites for hydroxylation is 2. The molecule has 13 heteroatoms. The molecule has 12 aromatic carbocycles. The van der Waals surface area contributed by atoms with Crippen molar-refractivity contribution < 1.29 is 30.3 Å². The molecule has 12 aromatic rings. The van der Waals surface area contributed by atoms with E-state index in [0.717, 1.165) is 129 Å². The zero-order valence-electron chi connectivity index (χ0n) is 50.9. The number of methoxy groups -OCH3 is 2. The van der Waals surface area contributed by atoms with Crippen LogP contribution in [0.5, 0.6) is 11.5 Å². The maximum atomic E-state index is 10.9. The van der Waals surface area contributed by atoms with Crippen LogP contribution in [-0.2, 0) is 6.16 Å². The van der Waals surface area contributed by atoms with Gasteiger partial charge in [0.05, 0.1) is 43.8 Å². The Morgan fingerprint density at radius 1 is 0.462 bits per heavy atom. The quantitative estimate of drug-likeness (QED) is 0.0361. The SMILES string of the molecule is COc1ccc(N(c2ccccc2)c2ccc(C=O)cc2)cc1.Cc1ccc2c(C#N)c3cc(CP(C)CO)ccc3c(C#N)c2c1.O.O.[C-]#[N+]c1c2ccc(C)cc2c(C#N)c2ccc(C=Cc3ccc(N(c4ccccc4)c4ccc(OC)cc4)cc3)cc12. The predicted molar refractivity (Wildman–Crippen MR) is 373 cm³/mol. The highest BCUT2D eigenvalue weighted by Crippen LogP contribution is 2.42. The first kappa shape index (κ1) is 65.5. The Balaban J connectivity index is 0.000000187. The molecule has 0 aliphatic rings. The molecule has 12 nitrogen and oxygen atoms in total. The molecule has 0 aliphatic heterocycles. The molecule has 1 unspecified atom stereocenters. The van der Waals surface area contributed by atoms with Gasteiger partial charge in [-0.1, -0.05) is 146 Å². The van der Waals surface area contributed by atoms with Crippen LogP contribution < -0.4 is 19.3 Å². The average molecular weight is 1210 g/mol. The van der Waals surface area contributed by atoms with Crippen molar-refractivity contribution in [1.29, 1.82) is 15.8 Å². The smallest absolute Gasteiger partial charge is 0.202 e. The number of fused-ring (bicyclic) bond motifs is 4. The number of aliphatic hydroxyl groups excluding tert-OH is 1. The lowest BCUT2D eigenvalue weighted by atomic mass is 9.91. The Morgan fingerprint density at radius 3 is 1.27 bits per heavy atom. The number of nitrogens with zero attached hydrogens (tertiary/aromatic N) is 6. The minimum atomic E-state index is -0.466. The molecule has 5 N–H and O–H groups in total. The van der Waals surface area contributed by atoms with Gasteiger partial charge in [-0.25, -0.2) is 4.85 Å². The van der Waals surface area contributed by atoms with Crippen molar-refractivity contribution in [2.75, 3.05) is 37.0 Å². The van der Waals surface area contributed by atoms with Gasteiger partial charge < -0.3 is 35.3 Å². The van der Waals surface area contributed by atoms with Gasteiger partial charge in [-0.2, -0.15) is 15.8 Å². The molecule has 0 aliphatic carbocycles. The number of benzene rings is 12. The standard InChI is InChI=1S/C38H27N3O.C20H17N2OP.C20H17NO2.2H2O/c1-26-9-21-34-35(23-26)37(25-39)33-22-14-28(24-36(33)38(34)40-2)11-10-27-12-15-30(16-13-27)41(29-7-5-4-6-8-29)31-17-19-32(42-3)20-18-31;1-13-3-5-15-17(7-13)19(9-21)16-6-4-14(11-24(2)12-23)8-18(16)20(15)10-22;1-23-20-13-11-19(12-14-20)21(17-5-3-2-4-6-17)18-9-7-16(15-22)8-10-18;;/h4-24H,1,3H3;3-8,23H,11-12H2,1-2H3;2-15H,1H3;2*1H2. The minimum absolute atomic E-state index is 0. The largest absolute Gasteiger partial charge is 0.497 e. The summed E-state index contributed by atoms with van der Waals surface area (Å²) in [5, 5.41) is 45.2. The van der Waals surface area contributed by atoms with Gasteiger partial charge in [-0.15, -0.1) is 0 Å². The Hall–Kier alpha value is -11.4. The molecular weight excluding hydrogens is 1150 g/mol. The highest BCUT2D eigenvalue weighted by Gasteiger charge is 2.18. The minimum Gasteiger partial charge on any atom is -0.497 e. The predicted octanol–water partition coefficient (Wildman–Crippen LogP) is 18.3. The van der Waals surface area contributed by atoms with Gasteiger partial charge >= 0.3 is 0 Å². The van der Waals surface area contributed by atoms with E-state index in [1.165, 1.54) is 0 Å². The van der Waals surface area contributed by atoms with E-state index in [4.69, 9.17) is 16.0 Å². The molecule has 0 amide bonds. The lowest BCUT2D eigenvalue weighted by molar-refractivity contribution is 0.112. The molecule has 0 heterocycles. The summed E-state index contributed by atoms with van der Waals surface area (Å²) in [5.74, 6) is 1.63. The van der Waals surface area contributed by atoms with Gasteiger partial charge in [-0.3, -0.25) is 4.79 Å². The van der Waals surface area contributed by atoms with E-state index in [0.29, 0.717) is 27.9 Å². The van der Waals surface area contributed by atoms with E-state index in [2.05, 4.69) is 106 Å². The monoisotopic (exact) mass is 1210 g/mol. The van der Waals surface area contributed by atoms with Crippen molar-refractivity contribution in [1.82, 2.24) is 0 Å². The van der Waals surface area contributed by atoms with Crippen molar-refractivity contribution in [2.45, 2.75) is 20.0 Å².